The van der Waals surface area contributed by atoms with E-state index in [0.717, 1.165) is 24.5 Å². The Morgan fingerprint density at radius 2 is 1.65 bits per heavy atom. The molecule has 0 radical (unpaired) electrons. The highest BCUT2D eigenvalue weighted by Gasteiger charge is 2.41. The lowest BCUT2D eigenvalue weighted by atomic mass is 9.95. The second-order valence-corrected chi connectivity index (χ2v) is 8.65. The van der Waals surface area contributed by atoms with Gasteiger partial charge in [0, 0.05) is 17.3 Å². The number of rotatable bonds is 7. The molecule has 1 atom stereocenters. The highest BCUT2D eigenvalue weighted by Crippen LogP contribution is 2.42. The molecule has 196 valence electrons. The Balaban J connectivity index is 1.99. The van der Waals surface area contributed by atoms with Crippen molar-refractivity contribution < 1.29 is 35.5 Å². The van der Waals surface area contributed by atoms with Gasteiger partial charge in [-0.2, -0.15) is 26.3 Å². The Morgan fingerprint density at radius 1 is 1.00 bits per heavy atom. The number of halogens is 10. The number of hydrogen-bond acceptors (Lipinski definition) is 4. The van der Waals surface area contributed by atoms with Crippen molar-refractivity contribution in [3.05, 3.63) is 92.3 Å². The largest absolute Gasteiger partial charge is 0.417 e. The van der Waals surface area contributed by atoms with Gasteiger partial charge in [0.15, 0.2) is 5.78 Å². The zero-order chi connectivity index (χ0) is 27.5. The molecule has 1 unspecified atom stereocenters. The lowest BCUT2D eigenvalue weighted by molar-refractivity contribution is -0.140. The number of carbonyl (C=O) groups is 1. The van der Waals surface area contributed by atoms with Crippen molar-refractivity contribution in [2.24, 2.45) is 0 Å². The van der Waals surface area contributed by atoms with Crippen molar-refractivity contribution in [1.82, 2.24) is 9.97 Å². The van der Waals surface area contributed by atoms with Crippen molar-refractivity contribution in [3.8, 4) is 0 Å². The molecule has 0 bridgehead atoms. The van der Waals surface area contributed by atoms with E-state index in [4.69, 9.17) is 34.8 Å². The van der Waals surface area contributed by atoms with E-state index in [9.17, 15) is 35.5 Å². The van der Waals surface area contributed by atoms with Gasteiger partial charge in [-0.25, -0.2) is 14.4 Å². The number of Topliss-reactive ketones (excluding diaryl/α,β-unsaturated/α-hetero) is 1. The number of nitrogens with one attached hydrogen (secondary N) is 1. The van der Waals surface area contributed by atoms with E-state index < -0.39 is 58.7 Å². The molecule has 0 aliphatic rings. The molecule has 37 heavy (non-hydrogen) atoms. The summed E-state index contributed by atoms with van der Waals surface area (Å²) in [6.45, 7) is -0.591. The lowest BCUT2D eigenvalue weighted by Gasteiger charge is -2.19. The third-order valence-electron chi connectivity index (χ3n) is 4.94. The molecule has 4 nitrogen and oxygen atoms in total. The maximum absolute atomic E-state index is 14.9. The molecule has 0 fully saturated rings. The highest BCUT2D eigenvalue weighted by atomic mass is 35.5. The summed E-state index contributed by atoms with van der Waals surface area (Å²) in [7, 11) is 0. The van der Waals surface area contributed by atoms with Crippen molar-refractivity contribution >= 4 is 52.2 Å². The van der Waals surface area contributed by atoms with Crippen LogP contribution < -0.4 is 5.32 Å². The highest BCUT2D eigenvalue weighted by molar-refractivity contribution is 6.48. The molecule has 1 heterocycles. The fraction of sp³-hybridized carbons (Fsp3) is 0.174. The topological polar surface area (TPSA) is 54.9 Å². The van der Waals surface area contributed by atoms with E-state index in [0.29, 0.717) is 6.07 Å². The Morgan fingerprint density at radius 3 is 2.19 bits per heavy atom. The van der Waals surface area contributed by atoms with Crippen molar-refractivity contribution in [1.29, 1.82) is 0 Å². The van der Waals surface area contributed by atoms with Crippen molar-refractivity contribution in [2.45, 2.75) is 18.3 Å². The number of aromatic nitrogens is 2. The first-order valence-corrected chi connectivity index (χ1v) is 11.1. The van der Waals surface area contributed by atoms with E-state index in [1.54, 1.807) is 0 Å². The van der Waals surface area contributed by atoms with Crippen LogP contribution in [0.2, 0.25) is 15.1 Å². The van der Waals surface area contributed by atoms with Gasteiger partial charge in [-0.15, -0.1) is 0 Å². The minimum absolute atomic E-state index is 0.0868. The van der Waals surface area contributed by atoms with Crippen LogP contribution in [0.25, 0.3) is 5.83 Å². The van der Waals surface area contributed by atoms with Crippen molar-refractivity contribution in [3.63, 3.8) is 0 Å². The maximum atomic E-state index is 14.9. The molecule has 14 heteroatoms. The summed E-state index contributed by atoms with van der Waals surface area (Å²) in [5.74, 6) is -5.08. The zero-order valence-corrected chi connectivity index (χ0v) is 20.3. The van der Waals surface area contributed by atoms with E-state index in [-0.39, 0.29) is 33.0 Å². The molecule has 0 aliphatic heterocycles. The fourth-order valence-electron chi connectivity index (χ4n) is 3.21. The molecule has 0 aliphatic carbocycles. The normalized spacial score (nSPS) is 13.4. The average Bonchev–Trinajstić information content (AvgIpc) is 2.83. The summed E-state index contributed by atoms with van der Waals surface area (Å²) < 4.78 is 97.3. The quantitative estimate of drug-likeness (QED) is 0.172. The standard InChI is InChI=1S/C23H13Cl3F7N3O/c24-16-6-12(7-17(25)21(16)26)14(22(28,29)30)8-18(27)11-1-2-13(15(5-11)23(31,32)33)19(37)9-35-20-3-4-34-10-36-20/h1-8,10,14H,9H2,(H,34,35,36)/b18-8-. The Labute approximate surface area is 220 Å². The van der Waals surface area contributed by atoms with Crippen LogP contribution in [0.3, 0.4) is 0 Å². The smallest absolute Gasteiger partial charge is 0.363 e. The molecular weight excluding hydrogens is 574 g/mol. The van der Waals surface area contributed by atoms with Gasteiger partial charge in [-0.3, -0.25) is 4.79 Å². The maximum Gasteiger partial charge on any atom is 0.417 e. The molecule has 1 aromatic heterocycles. The van der Waals surface area contributed by atoms with E-state index in [2.05, 4.69) is 15.3 Å². The number of hydrogen-bond donors (Lipinski definition) is 1. The number of allylic oxidation sites excluding steroid dienone is 1. The van der Waals surface area contributed by atoms with Crippen LogP contribution in [0.5, 0.6) is 0 Å². The van der Waals surface area contributed by atoms with Gasteiger partial charge >= 0.3 is 12.4 Å². The predicted molar refractivity (Wildman–Crippen MR) is 126 cm³/mol. The summed E-state index contributed by atoms with van der Waals surface area (Å²) in [6.07, 6.45) is -7.60. The number of nitrogens with zero attached hydrogens (tertiary/aromatic N) is 2. The van der Waals surface area contributed by atoms with Crippen molar-refractivity contribution in [2.75, 3.05) is 11.9 Å². The van der Waals surface area contributed by atoms with Gasteiger partial charge in [-0.1, -0.05) is 46.9 Å². The van der Waals surface area contributed by atoms with Crippen LogP contribution in [0.15, 0.2) is 55.0 Å². The SMILES string of the molecule is O=C(CNc1ccncn1)c1ccc(/C(F)=C/C(c2cc(Cl)c(Cl)c(Cl)c2)C(F)(F)F)cc1C(F)(F)F. The van der Waals surface area contributed by atoms with Crippen LogP contribution in [-0.2, 0) is 6.18 Å². The monoisotopic (exact) mass is 585 g/mol. The minimum atomic E-state index is -5.11. The number of anilines is 1. The Kier molecular flexibility index (Phi) is 8.71. The van der Waals surface area contributed by atoms with Gasteiger partial charge in [-0.05, 0) is 35.9 Å². The summed E-state index contributed by atoms with van der Waals surface area (Å²) in [5, 5.41) is 1.65. The Bertz CT molecular complexity index is 1310. The Hall–Kier alpha value is -2.89. The second-order valence-electron chi connectivity index (χ2n) is 7.46. The molecule has 2 aromatic carbocycles. The number of carbonyl (C=O) groups excluding carboxylic acids is 1. The van der Waals surface area contributed by atoms with Gasteiger partial charge in [0.1, 0.15) is 23.9 Å². The fourth-order valence-corrected chi connectivity index (χ4v) is 3.82. The number of ketones is 1. The molecule has 3 aromatic rings. The molecule has 3 rings (SSSR count). The van der Waals surface area contributed by atoms with Gasteiger partial charge in [0.25, 0.3) is 0 Å². The number of alkyl halides is 6. The second kappa shape index (κ2) is 11.2. The third-order valence-corrected chi connectivity index (χ3v) is 6.14. The molecule has 0 saturated carbocycles. The van der Waals surface area contributed by atoms with E-state index in [1.165, 1.54) is 12.3 Å². The molecule has 1 N–H and O–H groups in total. The summed E-state index contributed by atoms with van der Waals surface area (Å²) in [4.78, 5) is 19.9. The van der Waals surface area contributed by atoms with E-state index in [1.807, 2.05) is 0 Å². The van der Waals surface area contributed by atoms with Crippen LogP contribution in [0.4, 0.5) is 36.6 Å². The third kappa shape index (κ3) is 7.12. The first kappa shape index (κ1) is 28.7. The van der Waals surface area contributed by atoms with Crippen LogP contribution in [0, 0.1) is 0 Å². The molecular formula is C23H13Cl3F7N3O. The first-order valence-electron chi connectivity index (χ1n) is 10.0. The van der Waals surface area contributed by atoms with Crippen LogP contribution in [-0.4, -0.2) is 28.5 Å². The molecule has 0 spiro atoms. The average molecular weight is 587 g/mol. The van der Waals surface area contributed by atoms with Gasteiger partial charge in [0.05, 0.1) is 27.2 Å². The first-order chi connectivity index (χ1) is 17.2. The zero-order valence-electron chi connectivity index (χ0n) is 18.1. The minimum Gasteiger partial charge on any atom is -0.363 e. The lowest BCUT2D eigenvalue weighted by Crippen LogP contribution is -2.20. The molecule has 0 amide bonds. The summed E-state index contributed by atoms with van der Waals surface area (Å²) in [5.41, 5.74) is -3.74. The summed E-state index contributed by atoms with van der Waals surface area (Å²) in [6, 6.07) is 4.75. The summed E-state index contributed by atoms with van der Waals surface area (Å²) >= 11 is 17.3. The molecule has 0 saturated heterocycles. The van der Waals surface area contributed by atoms with Crippen LogP contribution >= 0.6 is 34.8 Å². The van der Waals surface area contributed by atoms with Gasteiger partial charge < -0.3 is 5.32 Å². The number of benzene rings is 2. The van der Waals surface area contributed by atoms with E-state index >= 15 is 0 Å². The predicted octanol–water partition coefficient (Wildman–Crippen LogP) is 8.41. The van der Waals surface area contributed by atoms with Gasteiger partial charge in [0.2, 0.25) is 0 Å². The van der Waals surface area contributed by atoms with Crippen LogP contribution in [0.1, 0.15) is 33.0 Å².